The van der Waals surface area contributed by atoms with E-state index in [0.717, 1.165) is 29.5 Å². The van der Waals surface area contributed by atoms with Crippen LogP contribution in [0.3, 0.4) is 0 Å². The van der Waals surface area contributed by atoms with Crippen LogP contribution < -0.4 is 5.32 Å². The van der Waals surface area contributed by atoms with Crippen LogP contribution in [0.5, 0.6) is 0 Å². The number of aromatic nitrogens is 1. The number of nitrogens with zero attached hydrogens (tertiary/aromatic N) is 2. The monoisotopic (exact) mass is 319 g/mol. The van der Waals surface area contributed by atoms with Crippen molar-refractivity contribution in [2.75, 3.05) is 18.5 Å². The van der Waals surface area contributed by atoms with Gasteiger partial charge in [-0.1, -0.05) is 29.9 Å². The summed E-state index contributed by atoms with van der Waals surface area (Å²) in [7, 11) is 0. The molecule has 118 valence electrons. The number of piperidine rings is 1. The first-order chi connectivity index (χ1) is 10.7. The molecule has 2 atom stereocenters. The molecule has 1 aliphatic rings. The van der Waals surface area contributed by atoms with E-state index in [9.17, 15) is 9.90 Å². The number of amides is 1. The lowest BCUT2D eigenvalue weighted by Crippen LogP contribution is -2.50. The maximum absolute atomic E-state index is 12.3. The van der Waals surface area contributed by atoms with E-state index in [4.69, 9.17) is 0 Å². The van der Waals surface area contributed by atoms with Crippen molar-refractivity contribution >= 4 is 32.6 Å². The number of aliphatic hydroxyl groups excluding tert-OH is 1. The molecule has 0 bridgehead atoms. The predicted octanol–water partition coefficient (Wildman–Crippen LogP) is 2.47. The largest absolute Gasteiger partial charge is 0.395 e. The second-order valence-corrected chi connectivity index (χ2v) is 6.85. The number of aliphatic hydroxyl groups is 1. The first-order valence-electron chi connectivity index (χ1n) is 7.69. The van der Waals surface area contributed by atoms with E-state index in [2.05, 4.69) is 22.1 Å². The second-order valence-electron chi connectivity index (χ2n) is 5.82. The third kappa shape index (κ3) is 3.29. The molecule has 2 unspecified atom stereocenters. The van der Waals surface area contributed by atoms with Gasteiger partial charge in [0.25, 0.3) is 0 Å². The standard InChI is InChI=1S/C16H21N3O2S/c1-11-5-4-6-12(10-20)19(11)9-15(21)18-16-17-13-7-2-3-8-14(13)22-16/h2-3,7-8,11-12,20H,4-6,9-10H2,1H3,(H,17,18,21). The Bertz CT molecular complexity index is 625. The summed E-state index contributed by atoms with van der Waals surface area (Å²) in [4.78, 5) is 18.8. The number of thiazole rings is 1. The Morgan fingerprint density at radius 1 is 1.45 bits per heavy atom. The van der Waals surface area contributed by atoms with Gasteiger partial charge in [0.1, 0.15) is 0 Å². The maximum Gasteiger partial charge on any atom is 0.240 e. The van der Waals surface area contributed by atoms with Crippen molar-refractivity contribution in [3.8, 4) is 0 Å². The first-order valence-corrected chi connectivity index (χ1v) is 8.51. The van der Waals surface area contributed by atoms with E-state index in [1.807, 2.05) is 24.3 Å². The van der Waals surface area contributed by atoms with Crippen molar-refractivity contribution in [1.29, 1.82) is 0 Å². The number of fused-ring (bicyclic) bond motifs is 1. The second kappa shape index (κ2) is 6.73. The zero-order valence-electron chi connectivity index (χ0n) is 12.7. The minimum Gasteiger partial charge on any atom is -0.395 e. The summed E-state index contributed by atoms with van der Waals surface area (Å²) in [6.45, 7) is 2.54. The molecule has 1 aromatic heterocycles. The molecule has 5 nitrogen and oxygen atoms in total. The van der Waals surface area contributed by atoms with Gasteiger partial charge in [-0.15, -0.1) is 0 Å². The smallest absolute Gasteiger partial charge is 0.240 e. The van der Waals surface area contributed by atoms with Crippen LogP contribution in [0.4, 0.5) is 5.13 Å². The number of anilines is 1. The minimum absolute atomic E-state index is 0.0637. The van der Waals surface area contributed by atoms with Crippen LogP contribution in [-0.4, -0.2) is 46.1 Å². The summed E-state index contributed by atoms with van der Waals surface area (Å²) in [5.74, 6) is -0.0637. The van der Waals surface area contributed by atoms with Gasteiger partial charge in [-0.3, -0.25) is 9.69 Å². The molecule has 0 aliphatic carbocycles. The number of likely N-dealkylation sites (tertiary alicyclic amines) is 1. The quantitative estimate of drug-likeness (QED) is 0.908. The summed E-state index contributed by atoms with van der Waals surface area (Å²) in [6, 6.07) is 8.26. The number of para-hydroxylation sites is 1. The van der Waals surface area contributed by atoms with E-state index in [1.165, 1.54) is 11.3 Å². The highest BCUT2D eigenvalue weighted by Gasteiger charge is 2.28. The van der Waals surface area contributed by atoms with E-state index in [1.54, 1.807) is 0 Å². The Kier molecular flexibility index (Phi) is 4.71. The van der Waals surface area contributed by atoms with E-state index < -0.39 is 0 Å². The molecule has 22 heavy (non-hydrogen) atoms. The van der Waals surface area contributed by atoms with Gasteiger partial charge in [0.15, 0.2) is 5.13 Å². The molecule has 0 spiro atoms. The zero-order chi connectivity index (χ0) is 15.5. The SMILES string of the molecule is CC1CCCC(CO)N1CC(=O)Nc1nc2ccccc2s1. The van der Waals surface area contributed by atoms with E-state index in [-0.39, 0.29) is 18.6 Å². The Labute approximate surface area is 134 Å². The van der Waals surface area contributed by atoms with Crippen LogP contribution in [0.1, 0.15) is 26.2 Å². The fraction of sp³-hybridized carbons (Fsp3) is 0.500. The predicted molar refractivity (Wildman–Crippen MR) is 89.1 cm³/mol. The maximum atomic E-state index is 12.3. The normalized spacial score (nSPS) is 22.8. The number of hydrogen-bond acceptors (Lipinski definition) is 5. The molecular formula is C16H21N3O2S. The van der Waals surface area contributed by atoms with Crippen LogP contribution in [0.2, 0.25) is 0 Å². The van der Waals surface area contributed by atoms with E-state index >= 15 is 0 Å². The third-order valence-corrected chi connectivity index (χ3v) is 5.22. The number of nitrogens with one attached hydrogen (secondary N) is 1. The van der Waals surface area contributed by atoms with Crippen molar-refractivity contribution in [1.82, 2.24) is 9.88 Å². The fourth-order valence-electron chi connectivity index (χ4n) is 3.07. The van der Waals surface area contributed by atoms with E-state index in [0.29, 0.717) is 17.7 Å². The van der Waals surface area contributed by atoms with Crippen LogP contribution in [0.15, 0.2) is 24.3 Å². The molecular weight excluding hydrogens is 298 g/mol. The topological polar surface area (TPSA) is 65.5 Å². The molecule has 6 heteroatoms. The molecule has 3 rings (SSSR count). The fourth-order valence-corrected chi connectivity index (χ4v) is 3.95. The molecule has 1 fully saturated rings. The van der Waals surface area contributed by atoms with Crippen molar-refractivity contribution in [2.45, 2.75) is 38.3 Å². The Morgan fingerprint density at radius 2 is 2.27 bits per heavy atom. The Hall–Kier alpha value is -1.50. The molecule has 1 saturated heterocycles. The molecule has 1 aliphatic heterocycles. The van der Waals surface area contributed by atoms with Crippen molar-refractivity contribution in [2.24, 2.45) is 0 Å². The summed E-state index contributed by atoms with van der Waals surface area (Å²) in [5, 5.41) is 13.0. The minimum atomic E-state index is -0.0637. The molecule has 2 N–H and O–H groups in total. The van der Waals surface area contributed by atoms with Gasteiger partial charge in [-0.25, -0.2) is 4.98 Å². The molecule has 0 radical (unpaired) electrons. The van der Waals surface area contributed by atoms with Gasteiger partial charge in [-0.05, 0) is 31.9 Å². The van der Waals surface area contributed by atoms with Crippen molar-refractivity contribution in [3.05, 3.63) is 24.3 Å². The number of rotatable bonds is 4. The first kappa shape index (κ1) is 15.4. The van der Waals surface area contributed by atoms with Gasteiger partial charge < -0.3 is 10.4 Å². The van der Waals surface area contributed by atoms with Crippen LogP contribution in [-0.2, 0) is 4.79 Å². The lowest BCUT2D eigenvalue weighted by atomic mass is 9.97. The zero-order valence-corrected chi connectivity index (χ0v) is 13.5. The van der Waals surface area contributed by atoms with Crippen LogP contribution in [0, 0.1) is 0 Å². The van der Waals surface area contributed by atoms with Gasteiger partial charge in [0, 0.05) is 12.1 Å². The average molecular weight is 319 g/mol. The van der Waals surface area contributed by atoms with Crippen LogP contribution in [0.25, 0.3) is 10.2 Å². The Morgan fingerprint density at radius 3 is 3.05 bits per heavy atom. The molecule has 2 heterocycles. The number of carbonyl (C=O) groups is 1. The van der Waals surface area contributed by atoms with Crippen LogP contribution >= 0.6 is 11.3 Å². The lowest BCUT2D eigenvalue weighted by molar-refractivity contribution is -0.119. The number of hydrogen-bond donors (Lipinski definition) is 2. The summed E-state index contributed by atoms with van der Waals surface area (Å²) < 4.78 is 1.07. The van der Waals surface area contributed by atoms with Crippen molar-refractivity contribution in [3.63, 3.8) is 0 Å². The average Bonchev–Trinajstić information content (AvgIpc) is 2.91. The van der Waals surface area contributed by atoms with Gasteiger partial charge in [0.2, 0.25) is 5.91 Å². The summed E-state index contributed by atoms with van der Waals surface area (Å²) >= 11 is 1.48. The highest BCUT2D eigenvalue weighted by molar-refractivity contribution is 7.22. The lowest BCUT2D eigenvalue weighted by Gasteiger charge is -2.39. The third-order valence-electron chi connectivity index (χ3n) is 4.27. The molecule has 1 aromatic carbocycles. The summed E-state index contributed by atoms with van der Waals surface area (Å²) in [6.07, 6.45) is 3.14. The van der Waals surface area contributed by atoms with Gasteiger partial charge >= 0.3 is 0 Å². The number of carbonyl (C=O) groups excluding carboxylic acids is 1. The Balaban J connectivity index is 1.66. The summed E-state index contributed by atoms with van der Waals surface area (Å²) in [5.41, 5.74) is 0.905. The molecule has 0 saturated carbocycles. The molecule has 1 amide bonds. The van der Waals surface area contributed by atoms with Gasteiger partial charge in [-0.2, -0.15) is 0 Å². The number of benzene rings is 1. The van der Waals surface area contributed by atoms with Crippen molar-refractivity contribution < 1.29 is 9.90 Å². The van der Waals surface area contributed by atoms with Gasteiger partial charge in [0.05, 0.1) is 23.4 Å². The highest BCUT2D eigenvalue weighted by atomic mass is 32.1. The molecule has 2 aromatic rings. The highest BCUT2D eigenvalue weighted by Crippen LogP contribution is 2.26.